The number of nitrogens with zero attached hydrogens (tertiary/aromatic N) is 2. The average molecular weight is 442 g/mol. The van der Waals surface area contributed by atoms with Crippen molar-refractivity contribution in [3.8, 4) is 0 Å². The summed E-state index contributed by atoms with van der Waals surface area (Å²) in [5.41, 5.74) is 2.66. The lowest BCUT2D eigenvalue weighted by molar-refractivity contribution is 0.296. The van der Waals surface area contributed by atoms with Crippen molar-refractivity contribution in [1.82, 2.24) is 15.5 Å². The first-order valence-electron chi connectivity index (χ1n) is 8.67. The van der Waals surface area contributed by atoms with Crippen molar-refractivity contribution in [2.75, 3.05) is 20.1 Å². The summed E-state index contributed by atoms with van der Waals surface area (Å²) in [6.07, 6.45) is 6.61. The van der Waals surface area contributed by atoms with Crippen molar-refractivity contribution >= 4 is 29.9 Å². The molecule has 0 saturated carbocycles. The molecule has 0 aromatic heterocycles. The van der Waals surface area contributed by atoms with Crippen LogP contribution in [0.2, 0.25) is 0 Å². The van der Waals surface area contributed by atoms with Crippen LogP contribution in [0.1, 0.15) is 37.8 Å². The number of benzene rings is 1. The molecule has 0 fully saturated rings. The zero-order chi connectivity index (χ0) is 16.5. The van der Waals surface area contributed by atoms with Crippen molar-refractivity contribution < 1.29 is 0 Å². The second kappa shape index (κ2) is 11.5. The summed E-state index contributed by atoms with van der Waals surface area (Å²) in [7, 11) is 1.83. The van der Waals surface area contributed by atoms with Gasteiger partial charge in [-0.1, -0.05) is 50.3 Å². The molecule has 1 aliphatic carbocycles. The van der Waals surface area contributed by atoms with E-state index in [1.54, 1.807) is 0 Å². The fourth-order valence-electron chi connectivity index (χ4n) is 2.85. The highest BCUT2D eigenvalue weighted by Gasteiger charge is 2.11. The van der Waals surface area contributed by atoms with Gasteiger partial charge in [0.2, 0.25) is 0 Å². The highest BCUT2D eigenvalue weighted by atomic mass is 127. The van der Waals surface area contributed by atoms with Crippen molar-refractivity contribution in [3.05, 3.63) is 47.5 Å². The molecule has 0 amide bonds. The fourth-order valence-corrected chi connectivity index (χ4v) is 2.85. The van der Waals surface area contributed by atoms with E-state index in [0.717, 1.165) is 45.0 Å². The summed E-state index contributed by atoms with van der Waals surface area (Å²) in [5, 5.41) is 6.89. The Kier molecular flexibility index (Phi) is 10.0. The molecule has 2 rings (SSSR count). The summed E-state index contributed by atoms with van der Waals surface area (Å²) in [6.45, 7) is 8.41. The number of hydrogen-bond acceptors (Lipinski definition) is 2. The van der Waals surface area contributed by atoms with Crippen LogP contribution in [0.15, 0.2) is 41.4 Å². The molecule has 0 unspecified atom stereocenters. The Balaban J connectivity index is 0.00000288. The van der Waals surface area contributed by atoms with E-state index in [-0.39, 0.29) is 24.0 Å². The van der Waals surface area contributed by atoms with Crippen LogP contribution >= 0.6 is 24.0 Å². The number of rotatable bonds is 7. The number of halogens is 1. The van der Waals surface area contributed by atoms with Gasteiger partial charge in [0.25, 0.3) is 0 Å². The van der Waals surface area contributed by atoms with Crippen LogP contribution < -0.4 is 10.6 Å². The Morgan fingerprint density at radius 3 is 2.46 bits per heavy atom. The minimum Gasteiger partial charge on any atom is -0.353 e. The topological polar surface area (TPSA) is 39.7 Å². The Labute approximate surface area is 163 Å². The van der Waals surface area contributed by atoms with E-state index in [2.05, 4.69) is 70.8 Å². The van der Waals surface area contributed by atoms with E-state index < -0.39 is 0 Å². The molecule has 134 valence electrons. The molecule has 0 saturated heterocycles. The molecule has 1 aromatic rings. The van der Waals surface area contributed by atoms with Gasteiger partial charge < -0.3 is 10.6 Å². The summed E-state index contributed by atoms with van der Waals surface area (Å²) in [6, 6.07) is 9.29. The van der Waals surface area contributed by atoms with Gasteiger partial charge in [0.05, 0.1) is 0 Å². The maximum atomic E-state index is 4.32. The van der Waals surface area contributed by atoms with Crippen molar-refractivity contribution in [2.45, 2.75) is 45.8 Å². The third kappa shape index (κ3) is 6.81. The van der Waals surface area contributed by atoms with E-state index in [4.69, 9.17) is 0 Å². The van der Waals surface area contributed by atoms with Gasteiger partial charge in [-0.25, -0.2) is 0 Å². The van der Waals surface area contributed by atoms with Crippen LogP contribution in [-0.2, 0) is 13.1 Å². The second-order valence-corrected chi connectivity index (χ2v) is 5.99. The number of guanidine groups is 1. The molecular formula is C19H31IN4. The quantitative estimate of drug-likeness (QED) is 0.294. The predicted octanol–water partition coefficient (Wildman–Crippen LogP) is 3.53. The van der Waals surface area contributed by atoms with E-state index >= 15 is 0 Å². The molecule has 0 bridgehead atoms. The first-order valence-corrected chi connectivity index (χ1v) is 8.67. The molecule has 0 radical (unpaired) electrons. The van der Waals surface area contributed by atoms with Crippen LogP contribution in [0, 0.1) is 0 Å². The normalized spacial score (nSPS) is 14.8. The minimum absolute atomic E-state index is 0. The Morgan fingerprint density at radius 1 is 1.17 bits per heavy atom. The summed E-state index contributed by atoms with van der Waals surface area (Å²) in [4.78, 5) is 6.75. The maximum absolute atomic E-state index is 4.32. The lowest BCUT2D eigenvalue weighted by Gasteiger charge is -2.19. The number of nitrogens with one attached hydrogen (secondary N) is 2. The first kappa shape index (κ1) is 21.0. The van der Waals surface area contributed by atoms with Gasteiger partial charge in [0, 0.05) is 26.2 Å². The fraction of sp³-hybridized carbons (Fsp3) is 0.526. The zero-order valence-corrected chi connectivity index (χ0v) is 17.4. The Bertz CT molecular complexity index is 530. The van der Waals surface area contributed by atoms with Crippen molar-refractivity contribution in [2.24, 2.45) is 4.99 Å². The lowest BCUT2D eigenvalue weighted by Crippen LogP contribution is -2.42. The molecule has 0 aliphatic heterocycles. The summed E-state index contributed by atoms with van der Waals surface area (Å²) < 4.78 is 0. The molecule has 5 heteroatoms. The first-order chi connectivity index (χ1) is 11.2. The maximum Gasteiger partial charge on any atom is 0.191 e. The highest BCUT2D eigenvalue weighted by molar-refractivity contribution is 14.0. The highest BCUT2D eigenvalue weighted by Crippen LogP contribution is 2.10. The minimum atomic E-state index is 0. The molecule has 2 N–H and O–H groups in total. The largest absolute Gasteiger partial charge is 0.353 e. The van der Waals surface area contributed by atoms with Crippen molar-refractivity contribution in [1.29, 1.82) is 0 Å². The standard InChI is InChI=1S/C19H30N4.HI/c1-4-23(5-2)15-17-10-8-9-16(13-17)14-21-19(20-3)22-18-11-6-7-12-18;/h6-10,13,18H,4-5,11-12,14-15H2,1-3H3,(H2,20,21,22);1H. The van der Waals surface area contributed by atoms with Crippen LogP contribution in [0.5, 0.6) is 0 Å². The number of hydrogen-bond donors (Lipinski definition) is 2. The van der Waals surface area contributed by atoms with Gasteiger partial charge in [0.15, 0.2) is 5.96 Å². The Morgan fingerprint density at radius 2 is 1.83 bits per heavy atom. The Hall–Kier alpha value is -1.08. The van der Waals surface area contributed by atoms with Gasteiger partial charge >= 0.3 is 0 Å². The van der Waals surface area contributed by atoms with E-state index in [0.29, 0.717) is 6.04 Å². The third-order valence-electron chi connectivity index (χ3n) is 4.32. The zero-order valence-electron chi connectivity index (χ0n) is 15.1. The van der Waals surface area contributed by atoms with Gasteiger partial charge in [-0.2, -0.15) is 0 Å². The van der Waals surface area contributed by atoms with Crippen molar-refractivity contribution in [3.63, 3.8) is 0 Å². The molecular weight excluding hydrogens is 411 g/mol. The molecule has 0 atom stereocenters. The van der Waals surface area contributed by atoms with E-state index in [1.807, 2.05) is 7.05 Å². The molecule has 24 heavy (non-hydrogen) atoms. The third-order valence-corrected chi connectivity index (χ3v) is 4.32. The smallest absolute Gasteiger partial charge is 0.191 e. The lowest BCUT2D eigenvalue weighted by atomic mass is 10.1. The predicted molar refractivity (Wildman–Crippen MR) is 114 cm³/mol. The van der Waals surface area contributed by atoms with Gasteiger partial charge in [0.1, 0.15) is 0 Å². The summed E-state index contributed by atoms with van der Waals surface area (Å²) in [5.74, 6) is 0.882. The van der Waals surface area contributed by atoms with Crippen LogP contribution in [0.4, 0.5) is 0 Å². The molecule has 1 aliphatic rings. The molecule has 0 heterocycles. The van der Waals surface area contributed by atoms with Gasteiger partial charge in [-0.3, -0.25) is 9.89 Å². The average Bonchev–Trinajstić information content (AvgIpc) is 3.09. The number of aliphatic imine (C=N–C) groups is 1. The molecule has 1 aromatic carbocycles. The van der Waals surface area contributed by atoms with Crippen LogP contribution in [0.3, 0.4) is 0 Å². The molecule has 0 spiro atoms. The van der Waals surface area contributed by atoms with Crippen LogP contribution in [-0.4, -0.2) is 37.0 Å². The van der Waals surface area contributed by atoms with E-state index in [9.17, 15) is 0 Å². The van der Waals surface area contributed by atoms with Crippen LogP contribution in [0.25, 0.3) is 0 Å². The SMILES string of the molecule is CCN(CC)Cc1cccc(CNC(=NC)NC2CC=CC2)c1.I. The van der Waals surface area contributed by atoms with Gasteiger partial charge in [-0.15, -0.1) is 24.0 Å². The monoisotopic (exact) mass is 442 g/mol. The molecule has 4 nitrogen and oxygen atoms in total. The second-order valence-electron chi connectivity index (χ2n) is 5.99. The summed E-state index contributed by atoms with van der Waals surface area (Å²) >= 11 is 0. The van der Waals surface area contributed by atoms with E-state index in [1.165, 1.54) is 11.1 Å². The van der Waals surface area contributed by atoms with Gasteiger partial charge in [-0.05, 0) is 37.1 Å².